The molecule has 102 valence electrons. The Morgan fingerprint density at radius 3 is 2.47 bits per heavy atom. The van der Waals surface area contributed by atoms with E-state index in [0.29, 0.717) is 12.1 Å². The van der Waals surface area contributed by atoms with Crippen LogP contribution in [-0.2, 0) is 4.79 Å². The van der Waals surface area contributed by atoms with Crippen molar-refractivity contribution in [2.45, 2.75) is 13.0 Å². The van der Waals surface area contributed by atoms with E-state index in [4.69, 9.17) is 0 Å². The van der Waals surface area contributed by atoms with Crippen LogP contribution in [-0.4, -0.2) is 35.8 Å². The highest BCUT2D eigenvalue weighted by Crippen LogP contribution is 2.19. The van der Waals surface area contributed by atoms with E-state index in [-0.39, 0.29) is 13.1 Å². The molecule has 1 atom stereocenters. The number of nitrogens with one attached hydrogen (secondary N) is 1. The molecule has 0 bridgehead atoms. The number of carbonyl (C=O) groups excluding carboxylic acids is 2. The second kappa shape index (κ2) is 4.91. The molecule has 1 saturated heterocycles. The molecule has 1 aliphatic heterocycles. The van der Waals surface area contributed by atoms with Crippen LogP contribution in [0.15, 0.2) is 12.1 Å². The molecule has 0 aliphatic carbocycles. The number of hydrogen-bond acceptors (Lipinski definition) is 2. The third kappa shape index (κ3) is 2.40. The quantitative estimate of drug-likeness (QED) is 0.831. The number of nitrogens with zero attached hydrogens (tertiary/aromatic N) is 1. The van der Waals surface area contributed by atoms with Gasteiger partial charge < -0.3 is 10.2 Å². The highest BCUT2D eigenvalue weighted by molar-refractivity contribution is 5.98. The maximum Gasteiger partial charge on any atom is 0.260 e. The van der Waals surface area contributed by atoms with Crippen LogP contribution < -0.4 is 5.32 Å². The van der Waals surface area contributed by atoms with Crippen LogP contribution in [0, 0.1) is 17.5 Å². The lowest BCUT2D eigenvalue weighted by atomic mass is 10.1. The Kier molecular flexibility index (Phi) is 3.46. The Morgan fingerprint density at radius 1 is 1.32 bits per heavy atom. The van der Waals surface area contributed by atoms with Crippen molar-refractivity contribution in [3.05, 3.63) is 35.1 Å². The van der Waals surface area contributed by atoms with Gasteiger partial charge in [0.05, 0.1) is 0 Å². The van der Waals surface area contributed by atoms with Gasteiger partial charge in [-0.1, -0.05) is 0 Å². The van der Waals surface area contributed by atoms with Crippen LogP contribution in [0.2, 0.25) is 0 Å². The van der Waals surface area contributed by atoms with E-state index in [2.05, 4.69) is 5.32 Å². The predicted molar refractivity (Wildman–Crippen MR) is 59.8 cm³/mol. The van der Waals surface area contributed by atoms with Crippen LogP contribution in [0.25, 0.3) is 0 Å². The van der Waals surface area contributed by atoms with Crippen molar-refractivity contribution in [1.29, 1.82) is 0 Å². The Balaban J connectivity index is 2.37. The first-order valence-electron chi connectivity index (χ1n) is 5.65. The first-order chi connectivity index (χ1) is 8.91. The van der Waals surface area contributed by atoms with Crippen LogP contribution in [0.4, 0.5) is 13.2 Å². The highest BCUT2D eigenvalue weighted by Gasteiger charge is 2.32. The first kappa shape index (κ1) is 13.4. The fourth-order valence-electron chi connectivity index (χ4n) is 1.95. The van der Waals surface area contributed by atoms with Gasteiger partial charge in [-0.25, -0.2) is 13.2 Å². The number of hydrogen-bond donors (Lipinski definition) is 1. The molecule has 7 heteroatoms. The van der Waals surface area contributed by atoms with E-state index in [1.54, 1.807) is 0 Å². The van der Waals surface area contributed by atoms with Crippen molar-refractivity contribution in [2.75, 3.05) is 13.1 Å². The highest BCUT2D eigenvalue weighted by atomic mass is 19.1. The predicted octanol–water partition coefficient (Wildman–Crippen LogP) is 1.06. The molecule has 1 unspecified atom stereocenters. The van der Waals surface area contributed by atoms with Gasteiger partial charge in [-0.05, 0) is 6.92 Å². The SMILES string of the molecule is CC1C(=O)NCCN1C(=O)c1c(F)cc(F)cc1F. The minimum atomic E-state index is -1.28. The van der Waals surface area contributed by atoms with Gasteiger partial charge in [0.1, 0.15) is 29.1 Å². The lowest BCUT2D eigenvalue weighted by molar-refractivity contribution is -0.127. The molecule has 2 amide bonds. The van der Waals surface area contributed by atoms with E-state index in [0.717, 1.165) is 4.90 Å². The van der Waals surface area contributed by atoms with Crippen molar-refractivity contribution in [3.63, 3.8) is 0 Å². The molecule has 1 heterocycles. The maximum absolute atomic E-state index is 13.5. The number of piperazine rings is 1. The van der Waals surface area contributed by atoms with Crippen LogP contribution in [0.3, 0.4) is 0 Å². The van der Waals surface area contributed by atoms with Gasteiger partial charge in [0, 0.05) is 25.2 Å². The second-order valence-electron chi connectivity index (χ2n) is 4.21. The summed E-state index contributed by atoms with van der Waals surface area (Å²) in [5, 5.41) is 2.53. The third-order valence-electron chi connectivity index (χ3n) is 2.98. The first-order valence-corrected chi connectivity index (χ1v) is 5.65. The van der Waals surface area contributed by atoms with Gasteiger partial charge in [-0.2, -0.15) is 0 Å². The van der Waals surface area contributed by atoms with Crippen LogP contribution in [0.5, 0.6) is 0 Å². The minimum absolute atomic E-state index is 0.141. The van der Waals surface area contributed by atoms with Gasteiger partial charge in [0.2, 0.25) is 5.91 Å². The second-order valence-corrected chi connectivity index (χ2v) is 4.21. The topological polar surface area (TPSA) is 49.4 Å². The summed E-state index contributed by atoms with van der Waals surface area (Å²) in [6.45, 7) is 1.80. The molecule has 0 spiro atoms. The zero-order chi connectivity index (χ0) is 14.2. The van der Waals surface area contributed by atoms with E-state index >= 15 is 0 Å². The number of halogens is 3. The molecule has 0 radical (unpaired) electrons. The summed E-state index contributed by atoms with van der Waals surface area (Å²) in [6, 6.07) is 0.0424. The summed E-state index contributed by atoms with van der Waals surface area (Å²) < 4.78 is 39.8. The summed E-state index contributed by atoms with van der Waals surface area (Å²) in [6.07, 6.45) is 0. The number of amides is 2. The fraction of sp³-hybridized carbons (Fsp3) is 0.333. The zero-order valence-corrected chi connectivity index (χ0v) is 10.0. The van der Waals surface area contributed by atoms with E-state index in [9.17, 15) is 22.8 Å². The fourth-order valence-corrected chi connectivity index (χ4v) is 1.95. The van der Waals surface area contributed by atoms with Crippen molar-refractivity contribution >= 4 is 11.8 Å². The summed E-state index contributed by atoms with van der Waals surface area (Å²) in [5.41, 5.74) is -0.844. The molecule has 1 N–H and O–H groups in total. The lowest BCUT2D eigenvalue weighted by Gasteiger charge is -2.32. The third-order valence-corrected chi connectivity index (χ3v) is 2.98. The molecule has 0 saturated carbocycles. The largest absolute Gasteiger partial charge is 0.353 e. The normalized spacial score (nSPS) is 19.3. The minimum Gasteiger partial charge on any atom is -0.353 e. The summed E-state index contributed by atoms with van der Waals surface area (Å²) in [5.74, 6) is -5.02. The van der Waals surface area contributed by atoms with E-state index in [1.807, 2.05) is 0 Å². The average Bonchev–Trinajstić information content (AvgIpc) is 2.31. The van der Waals surface area contributed by atoms with E-state index < -0.39 is 40.9 Å². The van der Waals surface area contributed by atoms with Crippen LogP contribution >= 0.6 is 0 Å². The Morgan fingerprint density at radius 2 is 1.89 bits per heavy atom. The van der Waals surface area contributed by atoms with E-state index in [1.165, 1.54) is 6.92 Å². The average molecular weight is 272 g/mol. The van der Waals surface area contributed by atoms with Crippen molar-refractivity contribution in [1.82, 2.24) is 10.2 Å². The Bertz CT molecular complexity index is 525. The standard InChI is InChI=1S/C12H11F3N2O2/c1-6-11(18)16-2-3-17(6)12(19)10-8(14)4-7(13)5-9(10)15/h4-6H,2-3H2,1H3,(H,16,18). The molecular formula is C12H11F3N2O2. The van der Waals surface area contributed by atoms with Crippen molar-refractivity contribution in [2.24, 2.45) is 0 Å². The number of benzene rings is 1. The van der Waals surface area contributed by atoms with Gasteiger partial charge in [0.15, 0.2) is 0 Å². The Hall–Kier alpha value is -2.05. The molecule has 2 rings (SSSR count). The Labute approximate surface area is 107 Å². The lowest BCUT2D eigenvalue weighted by Crippen LogP contribution is -2.56. The van der Waals surface area contributed by atoms with Crippen LogP contribution in [0.1, 0.15) is 17.3 Å². The number of carbonyl (C=O) groups is 2. The summed E-state index contributed by atoms with van der Waals surface area (Å²) in [4.78, 5) is 24.5. The number of rotatable bonds is 1. The monoisotopic (exact) mass is 272 g/mol. The smallest absolute Gasteiger partial charge is 0.260 e. The maximum atomic E-state index is 13.5. The molecule has 1 aromatic carbocycles. The van der Waals surface area contributed by atoms with Crippen molar-refractivity contribution < 1.29 is 22.8 Å². The molecular weight excluding hydrogens is 261 g/mol. The molecule has 1 aliphatic rings. The van der Waals surface area contributed by atoms with Gasteiger partial charge in [-0.3, -0.25) is 9.59 Å². The molecule has 0 aromatic heterocycles. The summed E-state index contributed by atoms with van der Waals surface area (Å²) in [7, 11) is 0. The van der Waals surface area contributed by atoms with Gasteiger partial charge in [0.25, 0.3) is 5.91 Å². The zero-order valence-electron chi connectivity index (χ0n) is 10.0. The van der Waals surface area contributed by atoms with Gasteiger partial charge in [-0.15, -0.1) is 0 Å². The molecule has 1 fully saturated rings. The molecule has 19 heavy (non-hydrogen) atoms. The molecule has 1 aromatic rings. The summed E-state index contributed by atoms with van der Waals surface area (Å²) >= 11 is 0. The molecule has 4 nitrogen and oxygen atoms in total. The van der Waals surface area contributed by atoms with Gasteiger partial charge >= 0.3 is 0 Å². The van der Waals surface area contributed by atoms with Crippen molar-refractivity contribution in [3.8, 4) is 0 Å².